The molecule has 1 unspecified atom stereocenters. The van der Waals surface area contributed by atoms with Gasteiger partial charge in [0.05, 0.1) is 16.6 Å². The maximum Gasteiger partial charge on any atom is 0.267 e. The largest absolute Gasteiger partial charge is 0.268 e. The van der Waals surface area contributed by atoms with E-state index in [1.54, 1.807) is 16.7 Å². The predicted molar refractivity (Wildman–Crippen MR) is 121 cm³/mol. The molecule has 0 aliphatic heterocycles. The van der Waals surface area contributed by atoms with E-state index in [2.05, 4.69) is 10.2 Å². The van der Waals surface area contributed by atoms with Crippen molar-refractivity contribution in [3.8, 4) is 5.69 Å². The Kier molecular flexibility index (Phi) is 4.82. The molecule has 0 radical (unpaired) electrons. The summed E-state index contributed by atoms with van der Waals surface area (Å²) in [5.41, 5.74) is 3.45. The third kappa shape index (κ3) is 3.41. The molecule has 0 aliphatic rings. The van der Waals surface area contributed by atoms with E-state index < -0.39 is 0 Å². The summed E-state index contributed by atoms with van der Waals surface area (Å²) in [4.78, 5) is 13.4. The van der Waals surface area contributed by atoms with Crippen LogP contribution >= 0.6 is 11.8 Å². The van der Waals surface area contributed by atoms with E-state index in [9.17, 15) is 9.18 Å². The van der Waals surface area contributed by atoms with Gasteiger partial charge in [-0.1, -0.05) is 53.7 Å². The van der Waals surface area contributed by atoms with Crippen LogP contribution in [0.25, 0.3) is 22.4 Å². The van der Waals surface area contributed by atoms with Gasteiger partial charge in [-0.15, -0.1) is 10.2 Å². The van der Waals surface area contributed by atoms with Crippen LogP contribution in [0.1, 0.15) is 23.3 Å². The molecule has 5 nitrogen and oxygen atoms in total. The smallest absolute Gasteiger partial charge is 0.267 e. The first-order valence-electron chi connectivity index (χ1n) is 9.91. The van der Waals surface area contributed by atoms with Gasteiger partial charge in [-0.2, -0.15) is 0 Å². The zero-order chi connectivity index (χ0) is 21.5. The number of para-hydroxylation sites is 1. The lowest BCUT2D eigenvalue weighted by Gasteiger charge is -2.13. The molecular formula is C24H19FN4OS. The van der Waals surface area contributed by atoms with Crippen LogP contribution in [0, 0.1) is 12.7 Å². The molecule has 0 saturated carbocycles. The lowest BCUT2D eigenvalue weighted by atomic mass is 10.2. The first kappa shape index (κ1) is 19.5. The minimum Gasteiger partial charge on any atom is -0.268 e. The van der Waals surface area contributed by atoms with Crippen molar-refractivity contribution in [2.75, 3.05) is 0 Å². The van der Waals surface area contributed by atoms with Crippen LogP contribution in [0.2, 0.25) is 0 Å². The van der Waals surface area contributed by atoms with Crippen LogP contribution < -0.4 is 5.56 Å². The number of rotatable bonds is 4. The lowest BCUT2D eigenvalue weighted by Crippen LogP contribution is -2.21. The number of fused-ring (bicyclic) bond motifs is 3. The van der Waals surface area contributed by atoms with Gasteiger partial charge < -0.3 is 0 Å². The summed E-state index contributed by atoms with van der Waals surface area (Å²) < 4.78 is 16.8. The first-order chi connectivity index (χ1) is 15.0. The van der Waals surface area contributed by atoms with Gasteiger partial charge in [0.2, 0.25) is 5.78 Å². The fourth-order valence-corrected chi connectivity index (χ4v) is 4.62. The summed E-state index contributed by atoms with van der Waals surface area (Å²) in [5.74, 6) is 0.198. The molecule has 2 heterocycles. The third-order valence-corrected chi connectivity index (χ3v) is 6.41. The van der Waals surface area contributed by atoms with Crippen molar-refractivity contribution in [1.82, 2.24) is 19.2 Å². The maximum absolute atomic E-state index is 13.4. The summed E-state index contributed by atoms with van der Waals surface area (Å²) in [6.07, 6.45) is 0. The lowest BCUT2D eigenvalue weighted by molar-refractivity contribution is 0.627. The van der Waals surface area contributed by atoms with E-state index in [1.807, 2.05) is 66.8 Å². The van der Waals surface area contributed by atoms with Crippen LogP contribution in [0.3, 0.4) is 0 Å². The van der Waals surface area contributed by atoms with E-state index in [4.69, 9.17) is 0 Å². The molecule has 3 aromatic carbocycles. The minimum absolute atomic E-state index is 0.0199. The number of benzene rings is 3. The summed E-state index contributed by atoms with van der Waals surface area (Å²) >= 11 is 1.52. The molecule has 7 heteroatoms. The highest BCUT2D eigenvalue weighted by Crippen LogP contribution is 2.35. The van der Waals surface area contributed by atoms with Crippen LogP contribution in [0.15, 0.2) is 82.7 Å². The van der Waals surface area contributed by atoms with E-state index in [-0.39, 0.29) is 16.6 Å². The van der Waals surface area contributed by atoms with Crippen molar-refractivity contribution in [3.05, 3.63) is 100 Å². The molecule has 5 rings (SSSR count). The Morgan fingerprint density at radius 1 is 0.935 bits per heavy atom. The monoisotopic (exact) mass is 430 g/mol. The van der Waals surface area contributed by atoms with Crippen molar-refractivity contribution < 1.29 is 4.39 Å². The van der Waals surface area contributed by atoms with Crippen molar-refractivity contribution in [1.29, 1.82) is 0 Å². The summed E-state index contributed by atoms with van der Waals surface area (Å²) in [5, 5.41) is 10.1. The second-order valence-corrected chi connectivity index (χ2v) is 8.73. The summed E-state index contributed by atoms with van der Waals surface area (Å²) in [7, 11) is 0. The third-order valence-electron chi connectivity index (χ3n) is 5.31. The molecule has 0 N–H and O–H groups in total. The molecule has 0 amide bonds. The average molecular weight is 431 g/mol. The van der Waals surface area contributed by atoms with Gasteiger partial charge in [-0.3, -0.25) is 9.20 Å². The molecule has 0 aliphatic carbocycles. The van der Waals surface area contributed by atoms with Gasteiger partial charge in [0.25, 0.3) is 5.56 Å². The Morgan fingerprint density at radius 3 is 2.39 bits per heavy atom. The highest BCUT2D eigenvalue weighted by molar-refractivity contribution is 7.99. The Hall–Kier alpha value is -3.45. The number of halogens is 1. The molecule has 31 heavy (non-hydrogen) atoms. The van der Waals surface area contributed by atoms with E-state index in [1.165, 1.54) is 23.9 Å². The highest BCUT2D eigenvalue weighted by atomic mass is 32.2. The molecule has 0 saturated heterocycles. The molecule has 1 atom stereocenters. The van der Waals surface area contributed by atoms with Gasteiger partial charge in [0.1, 0.15) is 5.82 Å². The molecular weight excluding hydrogens is 411 g/mol. The molecule has 2 aromatic heterocycles. The van der Waals surface area contributed by atoms with Crippen LogP contribution in [-0.4, -0.2) is 19.2 Å². The minimum atomic E-state index is -0.262. The van der Waals surface area contributed by atoms with Gasteiger partial charge in [0, 0.05) is 5.25 Å². The van der Waals surface area contributed by atoms with Gasteiger partial charge >= 0.3 is 0 Å². The predicted octanol–water partition coefficient (Wildman–Crippen LogP) is 5.33. The number of thioether (sulfide) groups is 1. The zero-order valence-corrected chi connectivity index (χ0v) is 17.8. The van der Waals surface area contributed by atoms with Crippen molar-refractivity contribution in [3.63, 3.8) is 0 Å². The molecule has 0 spiro atoms. The number of aromatic nitrogens is 4. The van der Waals surface area contributed by atoms with Gasteiger partial charge in [0.15, 0.2) is 5.16 Å². The number of hydrogen-bond acceptors (Lipinski definition) is 4. The van der Waals surface area contributed by atoms with Crippen LogP contribution in [0.5, 0.6) is 0 Å². The quantitative estimate of drug-likeness (QED) is 0.362. The van der Waals surface area contributed by atoms with Crippen LogP contribution in [-0.2, 0) is 0 Å². The number of nitrogens with zero attached hydrogens (tertiary/aromatic N) is 4. The highest BCUT2D eigenvalue weighted by Gasteiger charge is 2.20. The fraction of sp³-hybridized carbons (Fsp3) is 0.125. The zero-order valence-electron chi connectivity index (χ0n) is 17.0. The molecule has 154 valence electrons. The van der Waals surface area contributed by atoms with E-state index in [0.717, 1.165) is 22.3 Å². The summed E-state index contributed by atoms with van der Waals surface area (Å²) in [6.45, 7) is 4.04. The normalized spacial score (nSPS) is 12.5. The summed E-state index contributed by atoms with van der Waals surface area (Å²) in [6, 6.07) is 21.7. The Morgan fingerprint density at radius 2 is 1.65 bits per heavy atom. The molecule has 0 fully saturated rings. The first-order valence-corrected chi connectivity index (χ1v) is 10.8. The average Bonchev–Trinajstić information content (AvgIpc) is 3.19. The maximum atomic E-state index is 13.4. The molecule has 5 aromatic rings. The topological polar surface area (TPSA) is 52.2 Å². The molecule has 0 bridgehead atoms. The van der Waals surface area contributed by atoms with Crippen molar-refractivity contribution in [2.45, 2.75) is 24.3 Å². The van der Waals surface area contributed by atoms with E-state index >= 15 is 0 Å². The number of hydrogen-bond donors (Lipinski definition) is 0. The Balaban J connectivity index is 1.72. The van der Waals surface area contributed by atoms with Gasteiger partial charge in [-0.05, 0) is 55.8 Å². The van der Waals surface area contributed by atoms with Crippen molar-refractivity contribution in [2.24, 2.45) is 0 Å². The van der Waals surface area contributed by atoms with E-state index in [0.29, 0.717) is 16.3 Å². The number of aryl methyl sites for hydroxylation is 1. The SMILES string of the molecule is Cc1ccc(-n2c(=O)c3ccccc3n3c(SC(C)c4ccc(F)cc4)nnc23)cc1. The van der Waals surface area contributed by atoms with Crippen molar-refractivity contribution >= 4 is 28.4 Å². The Labute approximate surface area is 182 Å². The standard InChI is InChI=1S/C24H19FN4OS/c1-15-7-13-19(14-8-15)28-22(30)20-5-3-4-6-21(20)29-23(28)26-27-24(29)31-16(2)17-9-11-18(25)12-10-17/h3-14,16H,1-2H3. The second kappa shape index (κ2) is 7.67. The van der Waals surface area contributed by atoms with Crippen LogP contribution in [0.4, 0.5) is 4.39 Å². The van der Waals surface area contributed by atoms with Gasteiger partial charge in [-0.25, -0.2) is 8.96 Å². The fourth-order valence-electron chi connectivity index (χ4n) is 3.64. The Bertz CT molecular complexity index is 1460. The second-order valence-electron chi connectivity index (χ2n) is 7.42.